The fourth-order valence-corrected chi connectivity index (χ4v) is 1.75. The highest BCUT2D eigenvalue weighted by Crippen LogP contribution is 2.09. The molecule has 0 fully saturated rings. The van der Waals surface area contributed by atoms with Crippen molar-refractivity contribution in [1.29, 1.82) is 0 Å². The monoisotopic (exact) mass is 227 g/mol. The lowest BCUT2D eigenvalue weighted by Gasteiger charge is -2.13. The topological polar surface area (TPSA) is 37.8 Å². The molecule has 88 valence electrons. The molecule has 0 aliphatic heterocycles. The first-order valence-corrected chi connectivity index (χ1v) is 5.88. The molecule has 3 heteroatoms. The summed E-state index contributed by atoms with van der Waals surface area (Å²) in [5.41, 5.74) is 2.59. The molecule has 2 heterocycles. The molecule has 2 aromatic heterocycles. The molecule has 0 spiro atoms. The molecule has 0 aliphatic carbocycles. The normalized spacial score (nSPS) is 12.3. The van der Waals surface area contributed by atoms with E-state index in [4.69, 9.17) is 0 Å². The van der Waals surface area contributed by atoms with Gasteiger partial charge in [-0.25, -0.2) is 0 Å². The van der Waals surface area contributed by atoms with Crippen LogP contribution in [0.25, 0.3) is 0 Å². The van der Waals surface area contributed by atoms with Crippen LogP contribution in [-0.4, -0.2) is 16.5 Å². The fraction of sp³-hybridized carbons (Fsp3) is 0.286. The molecule has 2 aromatic rings. The van der Waals surface area contributed by atoms with Crippen molar-refractivity contribution >= 4 is 0 Å². The Hall–Kier alpha value is -1.74. The first-order valence-electron chi connectivity index (χ1n) is 5.88. The van der Waals surface area contributed by atoms with Crippen LogP contribution in [0.4, 0.5) is 0 Å². The number of nitrogens with one attached hydrogen (secondary N) is 1. The van der Waals surface area contributed by atoms with E-state index in [1.165, 1.54) is 11.1 Å². The Bertz CT molecular complexity index is 428. The molecule has 0 bridgehead atoms. The zero-order chi connectivity index (χ0) is 11.9. The molecule has 1 N–H and O–H groups in total. The maximum absolute atomic E-state index is 4.02. The van der Waals surface area contributed by atoms with Crippen LogP contribution in [-0.2, 0) is 6.42 Å². The highest BCUT2D eigenvalue weighted by Gasteiger charge is 2.03. The van der Waals surface area contributed by atoms with E-state index in [9.17, 15) is 0 Å². The van der Waals surface area contributed by atoms with Crippen LogP contribution in [0.3, 0.4) is 0 Å². The van der Waals surface area contributed by atoms with Crippen molar-refractivity contribution in [2.45, 2.75) is 19.4 Å². The van der Waals surface area contributed by atoms with Crippen LogP contribution < -0.4 is 5.32 Å². The number of rotatable bonds is 5. The zero-order valence-electron chi connectivity index (χ0n) is 10.0. The lowest BCUT2D eigenvalue weighted by molar-refractivity contribution is 0.576. The zero-order valence-corrected chi connectivity index (χ0v) is 10.0. The van der Waals surface area contributed by atoms with Crippen molar-refractivity contribution in [3.63, 3.8) is 0 Å². The van der Waals surface area contributed by atoms with E-state index < -0.39 is 0 Å². The van der Waals surface area contributed by atoms with Crippen LogP contribution in [0.15, 0.2) is 49.1 Å². The number of pyridine rings is 2. The van der Waals surface area contributed by atoms with Crippen molar-refractivity contribution < 1.29 is 0 Å². The lowest BCUT2D eigenvalue weighted by atomic mass is 10.1. The van der Waals surface area contributed by atoms with E-state index in [0.717, 1.165) is 13.0 Å². The summed E-state index contributed by atoms with van der Waals surface area (Å²) in [6, 6.07) is 8.56. The van der Waals surface area contributed by atoms with Gasteiger partial charge >= 0.3 is 0 Å². The third kappa shape index (κ3) is 3.64. The van der Waals surface area contributed by atoms with E-state index in [1.807, 2.05) is 36.9 Å². The number of hydrogen-bond donors (Lipinski definition) is 1. The summed E-state index contributed by atoms with van der Waals surface area (Å²) in [6.45, 7) is 3.13. The summed E-state index contributed by atoms with van der Waals surface area (Å²) in [5, 5.41) is 3.50. The maximum atomic E-state index is 4.02. The Kier molecular flexibility index (Phi) is 4.22. The largest absolute Gasteiger partial charge is 0.310 e. The lowest BCUT2D eigenvalue weighted by Crippen LogP contribution is -2.21. The molecule has 1 atom stereocenters. The van der Waals surface area contributed by atoms with Gasteiger partial charge in [-0.15, -0.1) is 0 Å². The average Bonchev–Trinajstić information content (AvgIpc) is 2.41. The first-order chi connectivity index (χ1) is 8.36. The van der Waals surface area contributed by atoms with E-state index in [0.29, 0.717) is 6.04 Å². The second-order valence-corrected chi connectivity index (χ2v) is 4.06. The molecule has 0 aromatic carbocycles. The first kappa shape index (κ1) is 11.7. The van der Waals surface area contributed by atoms with Crippen molar-refractivity contribution in [3.8, 4) is 0 Å². The maximum Gasteiger partial charge on any atom is 0.0293 e. The third-order valence-corrected chi connectivity index (χ3v) is 2.82. The summed E-state index contributed by atoms with van der Waals surface area (Å²) in [4.78, 5) is 8.03. The van der Waals surface area contributed by atoms with Crippen LogP contribution in [0.2, 0.25) is 0 Å². The minimum atomic E-state index is 0.361. The van der Waals surface area contributed by atoms with Gasteiger partial charge in [0.2, 0.25) is 0 Å². The van der Waals surface area contributed by atoms with Crippen LogP contribution in [0, 0.1) is 0 Å². The Morgan fingerprint density at radius 3 is 2.24 bits per heavy atom. The highest BCUT2D eigenvalue weighted by molar-refractivity contribution is 5.14. The minimum absolute atomic E-state index is 0.361. The van der Waals surface area contributed by atoms with E-state index in [1.54, 1.807) is 0 Å². The Morgan fingerprint density at radius 2 is 1.59 bits per heavy atom. The van der Waals surface area contributed by atoms with E-state index in [-0.39, 0.29) is 0 Å². The summed E-state index contributed by atoms with van der Waals surface area (Å²) in [6.07, 6.45) is 8.36. The summed E-state index contributed by atoms with van der Waals surface area (Å²) in [7, 11) is 0. The molecule has 0 amide bonds. The Labute approximate surface area is 102 Å². The predicted octanol–water partition coefficient (Wildman–Crippen LogP) is 2.37. The molecular formula is C14H17N3. The van der Waals surface area contributed by atoms with Crippen molar-refractivity contribution in [1.82, 2.24) is 15.3 Å². The quantitative estimate of drug-likeness (QED) is 0.852. The van der Waals surface area contributed by atoms with Crippen LogP contribution in [0.1, 0.15) is 24.1 Å². The molecule has 0 aliphatic rings. The molecule has 3 nitrogen and oxygen atoms in total. The van der Waals surface area contributed by atoms with Gasteiger partial charge in [0.1, 0.15) is 0 Å². The standard InChI is InChI=1S/C14H17N3/c1-12(14-5-9-16-10-6-14)17-11-4-13-2-7-15-8-3-13/h2-3,5-10,12,17H,4,11H2,1H3. The van der Waals surface area contributed by atoms with Crippen LogP contribution >= 0.6 is 0 Å². The molecule has 17 heavy (non-hydrogen) atoms. The summed E-state index contributed by atoms with van der Waals surface area (Å²) in [5.74, 6) is 0. The van der Waals surface area contributed by atoms with Gasteiger partial charge in [-0.1, -0.05) is 0 Å². The summed E-state index contributed by atoms with van der Waals surface area (Å²) < 4.78 is 0. The number of nitrogens with zero attached hydrogens (tertiary/aromatic N) is 2. The third-order valence-electron chi connectivity index (χ3n) is 2.82. The second-order valence-electron chi connectivity index (χ2n) is 4.06. The van der Waals surface area contributed by atoms with Crippen LogP contribution in [0.5, 0.6) is 0 Å². The Morgan fingerprint density at radius 1 is 1.00 bits per heavy atom. The highest BCUT2D eigenvalue weighted by atomic mass is 14.9. The molecule has 0 saturated heterocycles. The van der Waals surface area contributed by atoms with Gasteiger partial charge in [-0.2, -0.15) is 0 Å². The van der Waals surface area contributed by atoms with Gasteiger partial charge in [-0.05, 0) is 55.3 Å². The number of hydrogen-bond acceptors (Lipinski definition) is 3. The molecular weight excluding hydrogens is 210 g/mol. The van der Waals surface area contributed by atoms with Gasteiger partial charge in [0.25, 0.3) is 0 Å². The predicted molar refractivity (Wildman–Crippen MR) is 68.6 cm³/mol. The smallest absolute Gasteiger partial charge is 0.0293 e. The molecule has 2 rings (SSSR count). The molecule has 0 radical (unpaired) electrons. The second kappa shape index (κ2) is 6.11. The Balaban J connectivity index is 1.79. The SMILES string of the molecule is CC(NCCc1ccncc1)c1ccncc1. The molecule has 0 saturated carbocycles. The van der Waals surface area contributed by atoms with E-state index in [2.05, 4.69) is 34.3 Å². The summed E-state index contributed by atoms with van der Waals surface area (Å²) >= 11 is 0. The average molecular weight is 227 g/mol. The van der Waals surface area contributed by atoms with Crippen molar-refractivity contribution in [2.24, 2.45) is 0 Å². The fourth-order valence-electron chi connectivity index (χ4n) is 1.75. The molecule has 1 unspecified atom stereocenters. The van der Waals surface area contributed by atoms with Gasteiger partial charge in [0.05, 0.1) is 0 Å². The van der Waals surface area contributed by atoms with Gasteiger partial charge in [-0.3, -0.25) is 9.97 Å². The van der Waals surface area contributed by atoms with Gasteiger partial charge in [0, 0.05) is 30.8 Å². The number of aromatic nitrogens is 2. The van der Waals surface area contributed by atoms with Crippen molar-refractivity contribution in [2.75, 3.05) is 6.54 Å². The van der Waals surface area contributed by atoms with Gasteiger partial charge < -0.3 is 5.32 Å². The van der Waals surface area contributed by atoms with Crippen molar-refractivity contribution in [3.05, 3.63) is 60.2 Å². The van der Waals surface area contributed by atoms with Gasteiger partial charge in [0.15, 0.2) is 0 Å². The minimum Gasteiger partial charge on any atom is -0.310 e. The van der Waals surface area contributed by atoms with E-state index >= 15 is 0 Å².